The molecule has 176 valence electrons. The number of carbonyl (C=O) groups is 1. The number of hydrogen-bond acceptors (Lipinski definition) is 3. The molecular formula is C28H39BrO3. The van der Waals surface area contributed by atoms with Gasteiger partial charge in [-0.2, -0.15) is 0 Å². The van der Waals surface area contributed by atoms with Crippen LogP contribution in [-0.2, 0) is 4.74 Å². The summed E-state index contributed by atoms with van der Waals surface area (Å²) >= 11 is 3.48. The minimum atomic E-state index is -0.254. The second-order valence-electron chi connectivity index (χ2n) is 8.58. The molecule has 1 unspecified atom stereocenters. The van der Waals surface area contributed by atoms with E-state index in [-0.39, 0.29) is 5.97 Å². The second-order valence-corrected chi connectivity index (χ2v) is 9.37. The molecule has 0 bridgehead atoms. The van der Waals surface area contributed by atoms with Crippen molar-refractivity contribution in [1.82, 2.24) is 0 Å². The van der Waals surface area contributed by atoms with E-state index in [1.54, 1.807) is 0 Å². The standard InChI is InChI=1S/C28H39BrO3/c1-3-23(2)22-32-28(30)26-14-12-24(13-15-26)25-16-18-27(19-17-25)31-21-11-9-7-5-4-6-8-10-20-29/h12-19,23H,3-11,20-22H2,1-2H3. The molecule has 2 aromatic rings. The van der Waals surface area contributed by atoms with E-state index in [1.807, 2.05) is 36.4 Å². The number of carbonyl (C=O) groups excluding carboxylic acids is 1. The molecule has 0 heterocycles. The first kappa shape index (κ1) is 26.4. The Hall–Kier alpha value is -1.81. The lowest BCUT2D eigenvalue weighted by molar-refractivity contribution is 0.0447. The van der Waals surface area contributed by atoms with E-state index < -0.39 is 0 Å². The summed E-state index contributed by atoms with van der Waals surface area (Å²) in [5.41, 5.74) is 2.78. The number of esters is 1. The molecule has 32 heavy (non-hydrogen) atoms. The highest BCUT2D eigenvalue weighted by molar-refractivity contribution is 9.09. The van der Waals surface area contributed by atoms with Crippen molar-refractivity contribution < 1.29 is 14.3 Å². The topological polar surface area (TPSA) is 35.5 Å². The van der Waals surface area contributed by atoms with Gasteiger partial charge >= 0.3 is 5.97 Å². The molecule has 2 rings (SSSR count). The Labute approximate surface area is 203 Å². The van der Waals surface area contributed by atoms with Gasteiger partial charge < -0.3 is 9.47 Å². The maximum Gasteiger partial charge on any atom is 0.338 e. The highest BCUT2D eigenvalue weighted by Gasteiger charge is 2.09. The number of halogens is 1. The third kappa shape index (κ3) is 10.2. The average Bonchev–Trinajstić information content (AvgIpc) is 2.84. The zero-order valence-corrected chi connectivity index (χ0v) is 21.4. The van der Waals surface area contributed by atoms with Crippen LogP contribution in [0.5, 0.6) is 5.75 Å². The van der Waals surface area contributed by atoms with Crippen molar-refractivity contribution in [3.05, 3.63) is 54.1 Å². The normalized spacial score (nSPS) is 11.8. The van der Waals surface area contributed by atoms with E-state index in [0.29, 0.717) is 18.1 Å². The van der Waals surface area contributed by atoms with Crippen molar-refractivity contribution in [2.45, 2.75) is 71.6 Å². The lowest BCUT2D eigenvalue weighted by Gasteiger charge is -2.10. The van der Waals surface area contributed by atoms with Gasteiger partial charge in [-0.25, -0.2) is 4.79 Å². The first-order valence-electron chi connectivity index (χ1n) is 12.2. The van der Waals surface area contributed by atoms with Crippen LogP contribution >= 0.6 is 15.9 Å². The number of benzene rings is 2. The maximum atomic E-state index is 12.2. The van der Waals surface area contributed by atoms with Crippen LogP contribution in [0.2, 0.25) is 0 Å². The predicted molar refractivity (Wildman–Crippen MR) is 138 cm³/mol. The number of alkyl halides is 1. The van der Waals surface area contributed by atoms with Gasteiger partial charge in [-0.3, -0.25) is 0 Å². The van der Waals surface area contributed by atoms with E-state index in [2.05, 4.69) is 41.9 Å². The fourth-order valence-corrected chi connectivity index (χ4v) is 3.81. The van der Waals surface area contributed by atoms with E-state index in [4.69, 9.17) is 9.47 Å². The molecule has 0 saturated heterocycles. The van der Waals surface area contributed by atoms with Gasteiger partial charge in [0.1, 0.15) is 5.75 Å². The summed E-state index contributed by atoms with van der Waals surface area (Å²) < 4.78 is 11.3. The van der Waals surface area contributed by atoms with Crippen molar-refractivity contribution >= 4 is 21.9 Å². The Morgan fingerprint density at radius 3 is 1.91 bits per heavy atom. The summed E-state index contributed by atoms with van der Waals surface area (Å²) in [7, 11) is 0. The Morgan fingerprint density at radius 1 is 0.812 bits per heavy atom. The zero-order chi connectivity index (χ0) is 23.0. The Bertz CT molecular complexity index is 755. The molecule has 0 saturated carbocycles. The minimum Gasteiger partial charge on any atom is -0.494 e. The number of ether oxygens (including phenoxy) is 2. The molecule has 0 aromatic heterocycles. The summed E-state index contributed by atoms with van der Waals surface area (Å²) in [5.74, 6) is 1.04. The number of rotatable bonds is 16. The van der Waals surface area contributed by atoms with E-state index in [0.717, 1.165) is 41.7 Å². The molecule has 0 amide bonds. The highest BCUT2D eigenvalue weighted by Crippen LogP contribution is 2.23. The minimum absolute atomic E-state index is 0.254. The third-order valence-electron chi connectivity index (χ3n) is 5.80. The smallest absolute Gasteiger partial charge is 0.338 e. The molecule has 0 aliphatic heterocycles. The van der Waals surface area contributed by atoms with Crippen molar-refractivity contribution in [3.8, 4) is 16.9 Å². The first-order chi connectivity index (χ1) is 15.6. The molecular weight excluding hydrogens is 464 g/mol. The van der Waals surface area contributed by atoms with Crippen LogP contribution in [0.3, 0.4) is 0 Å². The van der Waals surface area contributed by atoms with Crippen molar-refractivity contribution in [3.63, 3.8) is 0 Å². The summed E-state index contributed by atoms with van der Waals surface area (Å²) in [6.07, 6.45) is 11.4. The fraction of sp³-hybridized carbons (Fsp3) is 0.536. The fourth-order valence-electron chi connectivity index (χ4n) is 3.41. The Morgan fingerprint density at radius 2 is 1.34 bits per heavy atom. The maximum absolute atomic E-state index is 12.2. The van der Waals surface area contributed by atoms with Crippen LogP contribution in [0.1, 0.15) is 82.0 Å². The lowest BCUT2D eigenvalue weighted by Crippen LogP contribution is -2.11. The molecule has 4 heteroatoms. The van der Waals surface area contributed by atoms with Crippen LogP contribution in [0.25, 0.3) is 11.1 Å². The van der Waals surface area contributed by atoms with Gasteiger partial charge in [0.25, 0.3) is 0 Å². The van der Waals surface area contributed by atoms with Gasteiger partial charge in [-0.05, 0) is 54.2 Å². The van der Waals surface area contributed by atoms with E-state index in [9.17, 15) is 4.79 Å². The highest BCUT2D eigenvalue weighted by atomic mass is 79.9. The quantitative estimate of drug-likeness (QED) is 0.131. The second kappa shape index (κ2) is 15.9. The summed E-state index contributed by atoms with van der Waals surface area (Å²) in [4.78, 5) is 12.2. The number of hydrogen-bond donors (Lipinski definition) is 0. The van der Waals surface area contributed by atoms with E-state index in [1.165, 1.54) is 44.9 Å². The van der Waals surface area contributed by atoms with Crippen LogP contribution in [0.15, 0.2) is 48.5 Å². The average molecular weight is 504 g/mol. The monoisotopic (exact) mass is 502 g/mol. The molecule has 0 spiro atoms. The predicted octanol–water partition coefficient (Wildman–Crippen LogP) is 8.45. The van der Waals surface area contributed by atoms with E-state index >= 15 is 0 Å². The van der Waals surface area contributed by atoms with Gasteiger partial charge in [0.2, 0.25) is 0 Å². The van der Waals surface area contributed by atoms with Crippen LogP contribution in [-0.4, -0.2) is 24.5 Å². The van der Waals surface area contributed by atoms with Crippen molar-refractivity contribution in [1.29, 1.82) is 0 Å². The summed E-state index contributed by atoms with van der Waals surface area (Å²) in [6.45, 7) is 5.42. The van der Waals surface area contributed by atoms with Crippen molar-refractivity contribution in [2.24, 2.45) is 5.92 Å². The van der Waals surface area contributed by atoms with Gasteiger partial charge in [-0.15, -0.1) is 0 Å². The Kier molecular flexibility index (Phi) is 13.1. The molecule has 0 radical (unpaired) electrons. The zero-order valence-electron chi connectivity index (χ0n) is 19.8. The molecule has 0 aliphatic carbocycles. The van der Waals surface area contributed by atoms with Gasteiger partial charge in [0.05, 0.1) is 18.8 Å². The van der Waals surface area contributed by atoms with Crippen LogP contribution in [0.4, 0.5) is 0 Å². The lowest BCUT2D eigenvalue weighted by atomic mass is 10.0. The third-order valence-corrected chi connectivity index (χ3v) is 6.36. The first-order valence-corrected chi connectivity index (χ1v) is 13.3. The molecule has 0 N–H and O–H groups in total. The summed E-state index contributed by atoms with van der Waals surface area (Å²) in [6, 6.07) is 15.8. The number of unbranched alkanes of at least 4 members (excludes halogenated alkanes) is 7. The SMILES string of the molecule is CCC(C)COC(=O)c1ccc(-c2ccc(OCCCCCCCCCCBr)cc2)cc1. The van der Waals surface area contributed by atoms with Gasteiger partial charge in [0.15, 0.2) is 0 Å². The molecule has 1 atom stereocenters. The van der Waals surface area contributed by atoms with Gasteiger partial charge in [-0.1, -0.05) is 99.0 Å². The largest absolute Gasteiger partial charge is 0.494 e. The van der Waals surface area contributed by atoms with Crippen LogP contribution < -0.4 is 4.74 Å². The molecule has 2 aromatic carbocycles. The van der Waals surface area contributed by atoms with Gasteiger partial charge in [0, 0.05) is 5.33 Å². The van der Waals surface area contributed by atoms with Crippen molar-refractivity contribution in [2.75, 3.05) is 18.5 Å². The molecule has 3 nitrogen and oxygen atoms in total. The molecule has 0 fully saturated rings. The van der Waals surface area contributed by atoms with Crippen LogP contribution in [0, 0.1) is 5.92 Å². The molecule has 0 aliphatic rings. The summed E-state index contributed by atoms with van der Waals surface area (Å²) in [5, 5.41) is 1.13. The Balaban J connectivity index is 1.68.